The van der Waals surface area contributed by atoms with Crippen LogP contribution in [0.15, 0.2) is 107 Å². The molecule has 37 heavy (non-hydrogen) atoms. The molecular formula is C26H22ClN3O5S2. The monoisotopic (exact) mass is 555 g/mol. The maximum Gasteiger partial charge on any atom is 0.261 e. The van der Waals surface area contributed by atoms with E-state index in [1.165, 1.54) is 42.5 Å². The highest BCUT2D eigenvalue weighted by atomic mass is 35.5. The highest BCUT2D eigenvalue weighted by molar-refractivity contribution is 7.93. The lowest BCUT2D eigenvalue weighted by Gasteiger charge is -2.13. The van der Waals surface area contributed by atoms with Crippen molar-refractivity contribution in [2.75, 3.05) is 14.8 Å². The van der Waals surface area contributed by atoms with Crippen molar-refractivity contribution in [1.29, 1.82) is 0 Å². The van der Waals surface area contributed by atoms with Crippen molar-refractivity contribution >= 4 is 54.6 Å². The van der Waals surface area contributed by atoms with Gasteiger partial charge >= 0.3 is 0 Å². The third-order valence-corrected chi connectivity index (χ3v) is 8.43. The number of sulfonamides is 2. The first-order valence-corrected chi connectivity index (χ1v) is 14.3. The number of aryl methyl sites for hydroxylation is 1. The Kier molecular flexibility index (Phi) is 7.53. The number of benzene rings is 4. The Bertz CT molecular complexity index is 1660. The summed E-state index contributed by atoms with van der Waals surface area (Å²) in [5, 5.41) is 2.95. The molecule has 0 bridgehead atoms. The van der Waals surface area contributed by atoms with Crippen LogP contribution in [0.4, 0.5) is 17.1 Å². The van der Waals surface area contributed by atoms with Gasteiger partial charge in [0.25, 0.3) is 26.0 Å². The minimum atomic E-state index is -3.90. The van der Waals surface area contributed by atoms with Gasteiger partial charge in [-0.05, 0) is 73.2 Å². The molecule has 4 rings (SSSR count). The van der Waals surface area contributed by atoms with Gasteiger partial charge < -0.3 is 5.32 Å². The van der Waals surface area contributed by atoms with E-state index in [-0.39, 0.29) is 31.8 Å². The zero-order valence-corrected chi connectivity index (χ0v) is 21.9. The van der Waals surface area contributed by atoms with E-state index in [0.29, 0.717) is 11.3 Å². The molecule has 0 atom stereocenters. The molecule has 11 heteroatoms. The Morgan fingerprint density at radius 2 is 1.24 bits per heavy atom. The predicted molar refractivity (Wildman–Crippen MR) is 145 cm³/mol. The van der Waals surface area contributed by atoms with Crippen LogP contribution >= 0.6 is 11.6 Å². The molecule has 4 aromatic carbocycles. The third kappa shape index (κ3) is 6.29. The van der Waals surface area contributed by atoms with Crippen molar-refractivity contribution in [2.45, 2.75) is 16.7 Å². The molecule has 0 heterocycles. The molecule has 4 aromatic rings. The highest BCUT2D eigenvalue weighted by Gasteiger charge is 2.18. The number of rotatable bonds is 8. The molecule has 8 nitrogen and oxygen atoms in total. The van der Waals surface area contributed by atoms with E-state index in [1.54, 1.807) is 61.5 Å². The van der Waals surface area contributed by atoms with Gasteiger partial charge in [0, 0.05) is 11.3 Å². The molecule has 190 valence electrons. The van der Waals surface area contributed by atoms with Gasteiger partial charge in [0.05, 0.1) is 26.2 Å². The van der Waals surface area contributed by atoms with Crippen LogP contribution in [0.25, 0.3) is 0 Å². The number of carbonyl (C=O) groups is 1. The molecule has 0 aliphatic carbocycles. The second-order valence-corrected chi connectivity index (χ2v) is 11.8. The van der Waals surface area contributed by atoms with E-state index in [9.17, 15) is 21.6 Å². The van der Waals surface area contributed by atoms with E-state index in [4.69, 9.17) is 11.6 Å². The lowest BCUT2D eigenvalue weighted by molar-refractivity contribution is 0.102. The second-order valence-electron chi connectivity index (χ2n) is 8.01. The minimum Gasteiger partial charge on any atom is -0.322 e. The Balaban J connectivity index is 1.48. The van der Waals surface area contributed by atoms with Gasteiger partial charge in [0.15, 0.2) is 0 Å². The van der Waals surface area contributed by atoms with Crippen molar-refractivity contribution in [3.8, 4) is 0 Å². The summed E-state index contributed by atoms with van der Waals surface area (Å²) in [6.45, 7) is 1.72. The summed E-state index contributed by atoms with van der Waals surface area (Å²) in [4.78, 5) is 12.9. The first-order chi connectivity index (χ1) is 17.5. The molecule has 0 aliphatic heterocycles. The van der Waals surface area contributed by atoms with E-state index >= 15 is 0 Å². The normalized spacial score (nSPS) is 11.5. The molecule has 0 aliphatic rings. The molecule has 1 amide bonds. The Morgan fingerprint density at radius 3 is 1.89 bits per heavy atom. The molecule has 0 saturated carbocycles. The van der Waals surface area contributed by atoms with Gasteiger partial charge in [-0.2, -0.15) is 0 Å². The SMILES string of the molecule is Cc1ccc(C(=O)Nc2ccc(S(=O)(=O)Nc3ccccc3Cl)cc2)cc1NS(=O)(=O)c1ccccc1. The maximum absolute atomic E-state index is 12.8. The Labute approximate surface area is 220 Å². The number of para-hydroxylation sites is 1. The van der Waals surface area contributed by atoms with Crippen molar-refractivity contribution in [3.05, 3.63) is 113 Å². The zero-order chi connectivity index (χ0) is 26.6. The summed E-state index contributed by atoms with van der Waals surface area (Å²) in [5.41, 5.74) is 1.72. The van der Waals surface area contributed by atoms with Crippen LogP contribution in [0.1, 0.15) is 15.9 Å². The average Bonchev–Trinajstić information content (AvgIpc) is 2.87. The summed E-state index contributed by atoms with van der Waals surface area (Å²) in [5.74, 6) is -0.495. The zero-order valence-electron chi connectivity index (χ0n) is 19.5. The molecule has 0 spiro atoms. The van der Waals surface area contributed by atoms with Crippen molar-refractivity contribution in [2.24, 2.45) is 0 Å². The van der Waals surface area contributed by atoms with Crippen molar-refractivity contribution < 1.29 is 21.6 Å². The van der Waals surface area contributed by atoms with Crippen LogP contribution in [-0.2, 0) is 20.0 Å². The fraction of sp³-hybridized carbons (Fsp3) is 0.0385. The molecule has 0 aromatic heterocycles. The average molecular weight is 556 g/mol. The van der Waals surface area contributed by atoms with Crippen molar-refractivity contribution in [3.63, 3.8) is 0 Å². The lowest BCUT2D eigenvalue weighted by atomic mass is 10.1. The number of hydrogen-bond acceptors (Lipinski definition) is 5. The summed E-state index contributed by atoms with van der Waals surface area (Å²) < 4.78 is 55.7. The quantitative estimate of drug-likeness (QED) is 0.265. The van der Waals surface area contributed by atoms with E-state index in [1.807, 2.05) is 0 Å². The summed E-state index contributed by atoms with van der Waals surface area (Å²) in [6, 6.07) is 24.6. The first-order valence-electron chi connectivity index (χ1n) is 10.9. The molecule has 3 N–H and O–H groups in total. The van der Waals surface area contributed by atoms with Gasteiger partial charge in [-0.1, -0.05) is 48.0 Å². The smallest absolute Gasteiger partial charge is 0.261 e. The number of nitrogens with one attached hydrogen (secondary N) is 3. The number of anilines is 3. The van der Waals surface area contributed by atoms with Gasteiger partial charge in [-0.25, -0.2) is 16.8 Å². The van der Waals surface area contributed by atoms with Crippen LogP contribution in [0, 0.1) is 6.92 Å². The fourth-order valence-corrected chi connectivity index (χ4v) is 5.81. The highest BCUT2D eigenvalue weighted by Crippen LogP contribution is 2.25. The van der Waals surface area contributed by atoms with Crippen molar-refractivity contribution in [1.82, 2.24) is 0 Å². The number of hydrogen-bond donors (Lipinski definition) is 3. The van der Waals surface area contributed by atoms with Crippen LogP contribution < -0.4 is 14.8 Å². The van der Waals surface area contributed by atoms with Crippen LogP contribution in [-0.4, -0.2) is 22.7 Å². The van der Waals surface area contributed by atoms with Crippen LogP contribution in [0.2, 0.25) is 5.02 Å². The summed E-state index contributed by atoms with van der Waals surface area (Å²) in [6.07, 6.45) is 0. The predicted octanol–water partition coefficient (Wildman–Crippen LogP) is 5.50. The first kappa shape index (κ1) is 26.2. The Hall–Kier alpha value is -3.86. The topological polar surface area (TPSA) is 121 Å². The van der Waals surface area contributed by atoms with E-state index in [0.717, 1.165) is 0 Å². The third-order valence-electron chi connectivity index (χ3n) is 5.34. The van der Waals surface area contributed by atoms with Gasteiger partial charge in [-0.3, -0.25) is 14.2 Å². The van der Waals surface area contributed by atoms with Gasteiger partial charge in [0.2, 0.25) is 0 Å². The summed E-state index contributed by atoms with van der Waals surface area (Å²) in [7, 11) is -7.73. The van der Waals surface area contributed by atoms with E-state index in [2.05, 4.69) is 14.8 Å². The van der Waals surface area contributed by atoms with Crippen LogP contribution in [0.3, 0.4) is 0 Å². The van der Waals surface area contributed by atoms with Crippen LogP contribution in [0.5, 0.6) is 0 Å². The van der Waals surface area contributed by atoms with Gasteiger partial charge in [0.1, 0.15) is 0 Å². The second kappa shape index (κ2) is 10.6. The number of carbonyl (C=O) groups excluding carboxylic acids is 1. The lowest BCUT2D eigenvalue weighted by Crippen LogP contribution is -2.16. The minimum absolute atomic E-state index is 0.0154. The molecule has 0 radical (unpaired) electrons. The van der Waals surface area contributed by atoms with Gasteiger partial charge in [-0.15, -0.1) is 0 Å². The molecule has 0 unspecified atom stereocenters. The molecule has 0 saturated heterocycles. The van der Waals surface area contributed by atoms with E-state index < -0.39 is 26.0 Å². The largest absolute Gasteiger partial charge is 0.322 e. The number of halogens is 1. The fourth-order valence-electron chi connectivity index (χ4n) is 3.34. The number of amides is 1. The summed E-state index contributed by atoms with van der Waals surface area (Å²) >= 11 is 6.03. The molecular weight excluding hydrogens is 534 g/mol. The Morgan fingerprint density at radius 1 is 0.676 bits per heavy atom. The molecule has 0 fully saturated rings. The standard InChI is InChI=1S/C26H22ClN3O5S2/c1-18-11-12-19(17-25(18)30-36(32,33)21-7-3-2-4-8-21)26(31)28-20-13-15-22(16-14-20)37(34,35)29-24-10-6-5-9-23(24)27/h2-17,29-30H,1H3,(H,28,31). The maximum atomic E-state index is 12.8.